The van der Waals surface area contributed by atoms with Crippen LogP contribution in [0.3, 0.4) is 0 Å². The fourth-order valence-corrected chi connectivity index (χ4v) is 5.51. The molecule has 0 radical (unpaired) electrons. The number of nitrogen functional groups attached to an aromatic ring is 1. The minimum atomic E-state index is 0.298. The number of nitrogens with two attached hydrogens (primary N) is 2. The van der Waals surface area contributed by atoms with E-state index < -0.39 is 0 Å². The van der Waals surface area contributed by atoms with E-state index in [1.165, 1.54) is 12.8 Å². The minimum absolute atomic E-state index is 0.298. The highest BCUT2D eigenvalue weighted by Gasteiger charge is 2.43. The van der Waals surface area contributed by atoms with Crippen molar-refractivity contribution in [3.63, 3.8) is 0 Å². The average molecular weight is 431 g/mol. The Kier molecular flexibility index (Phi) is 4.61. The third-order valence-electron chi connectivity index (χ3n) is 6.82. The maximum absolute atomic E-state index is 6.47. The van der Waals surface area contributed by atoms with Gasteiger partial charge in [0, 0.05) is 24.7 Å². The first-order chi connectivity index (χ1) is 14.0. The summed E-state index contributed by atoms with van der Waals surface area (Å²) in [6.45, 7) is 1.86. The predicted molar refractivity (Wildman–Crippen MR) is 119 cm³/mol. The second-order valence-corrected chi connectivity index (χ2v) is 9.05. The monoisotopic (exact) mass is 430 g/mol. The van der Waals surface area contributed by atoms with Crippen LogP contribution in [-0.2, 0) is 0 Å². The van der Waals surface area contributed by atoms with E-state index in [4.69, 9.17) is 39.7 Å². The first-order valence-electron chi connectivity index (χ1n) is 10.1. The Hall–Kier alpha value is -2.02. The van der Waals surface area contributed by atoms with Crippen molar-refractivity contribution in [2.45, 2.75) is 38.1 Å². The molecule has 3 aromatic rings. The van der Waals surface area contributed by atoms with Gasteiger partial charge in [-0.2, -0.15) is 0 Å². The lowest BCUT2D eigenvalue weighted by atomic mass is 9.74. The predicted octanol–water partition coefficient (Wildman–Crippen LogP) is 4.38. The normalized spacial score (nSPS) is 21.3. The molecule has 0 bridgehead atoms. The number of hydrogen-bond donors (Lipinski definition) is 2. The molecule has 1 aliphatic heterocycles. The number of benzene rings is 1. The van der Waals surface area contributed by atoms with Crippen LogP contribution >= 0.6 is 23.2 Å². The number of piperidine rings is 1. The number of hydrogen-bond acceptors (Lipinski definition) is 5. The van der Waals surface area contributed by atoms with Crippen LogP contribution in [0.15, 0.2) is 30.7 Å². The van der Waals surface area contributed by atoms with Gasteiger partial charge in [-0.15, -0.1) is 0 Å². The summed E-state index contributed by atoms with van der Waals surface area (Å²) >= 11 is 12.7. The Bertz CT molecular complexity index is 1070. The van der Waals surface area contributed by atoms with E-state index in [9.17, 15) is 0 Å². The third kappa shape index (κ3) is 2.97. The van der Waals surface area contributed by atoms with Crippen molar-refractivity contribution in [1.29, 1.82) is 0 Å². The van der Waals surface area contributed by atoms with Crippen LogP contribution in [0.2, 0.25) is 10.0 Å². The van der Waals surface area contributed by atoms with Crippen LogP contribution in [0.1, 0.15) is 32.1 Å². The largest absolute Gasteiger partial charge is 0.382 e. The molecule has 1 aliphatic carbocycles. The molecule has 2 aromatic heterocycles. The molecule has 1 spiro atoms. The zero-order valence-electron chi connectivity index (χ0n) is 16.1. The Morgan fingerprint density at radius 1 is 1.14 bits per heavy atom. The summed E-state index contributed by atoms with van der Waals surface area (Å²) in [5, 5.41) is 0.940. The molecule has 29 heavy (non-hydrogen) atoms. The molecule has 0 unspecified atom stereocenters. The Labute approximate surface area is 179 Å². The van der Waals surface area contributed by atoms with Gasteiger partial charge in [0.1, 0.15) is 5.52 Å². The van der Waals surface area contributed by atoms with E-state index in [2.05, 4.69) is 9.88 Å². The molecule has 1 atom stereocenters. The van der Waals surface area contributed by atoms with Crippen molar-refractivity contribution in [1.82, 2.24) is 14.4 Å². The number of fused-ring (bicyclic) bond motifs is 1. The van der Waals surface area contributed by atoms with Gasteiger partial charge in [0.25, 0.3) is 0 Å². The number of aromatic nitrogens is 3. The molecule has 152 valence electrons. The lowest BCUT2D eigenvalue weighted by Gasteiger charge is -2.42. The van der Waals surface area contributed by atoms with E-state index in [0.717, 1.165) is 49.2 Å². The summed E-state index contributed by atoms with van der Waals surface area (Å²) in [6.07, 6.45) is 9.40. The molecule has 3 heterocycles. The molecule has 6 nitrogen and oxygen atoms in total. The van der Waals surface area contributed by atoms with Gasteiger partial charge in [-0.3, -0.25) is 4.40 Å². The number of anilines is 2. The fraction of sp³-hybridized carbons (Fsp3) is 0.429. The van der Waals surface area contributed by atoms with Crippen molar-refractivity contribution in [2.75, 3.05) is 23.7 Å². The van der Waals surface area contributed by atoms with Crippen LogP contribution in [0.25, 0.3) is 16.8 Å². The quantitative estimate of drug-likeness (QED) is 0.629. The van der Waals surface area contributed by atoms with E-state index in [1.807, 2.05) is 22.7 Å². The van der Waals surface area contributed by atoms with Crippen molar-refractivity contribution < 1.29 is 0 Å². The molecule has 4 N–H and O–H groups in total. The van der Waals surface area contributed by atoms with Crippen LogP contribution in [0, 0.1) is 5.41 Å². The van der Waals surface area contributed by atoms with Crippen LogP contribution in [0.5, 0.6) is 0 Å². The lowest BCUT2D eigenvalue weighted by Crippen LogP contribution is -2.47. The molecule has 0 amide bonds. The summed E-state index contributed by atoms with van der Waals surface area (Å²) in [6, 6.07) is 5.83. The molecule has 2 fully saturated rings. The highest BCUT2D eigenvalue weighted by molar-refractivity contribution is 6.43. The summed E-state index contributed by atoms with van der Waals surface area (Å²) in [4.78, 5) is 11.5. The number of halogens is 2. The van der Waals surface area contributed by atoms with Crippen LogP contribution in [0.4, 0.5) is 11.6 Å². The van der Waals surface area contributed by atoms with Gasteiger partial charge >= 0.3 is 0 Å². The molecular formula is C21H24Cl2N6. The molecule has 1 saturated carbocycles. The fourth-order valence-electron chi connectivity index (χ4n) is 5.12. The minimum Gasteiger partial charge on any atom is -0.382 e. The van der Waals surface area contributed by atoms with Gasteiger partial charge in [-0.1, -0.05) is 41.8 Å². The maximum atomic E-state index is 6.47. The maximum Gasteiger partial charge on any atom is 0.157 e. The van der Waals surface area contributed by atoms with Gasteiger partial charge in [0.2, 0.25) is 0 Å². The smallest absolute Gasteiger partial charge is 0.157 e. The van der Waals surface area contributed by atoms with Crippen LogP contribution in [-0.4, -0.2) is 33.5 Å². The Morgan fingerprint density at radius 3 is 2.66 bits per heavy atom. The van der Waals surface area contributed by atoms with Crippen LogP contribution < -0.4 is 16.4 Å². The summed E-state index contributed by atoms with van der Waals surface area (Å²) < 4.78 is 1.96. The van der Waals surface area contributed by atoms with E-state index in [1.54, 1.807) is 12.4 Å². The Morgan fingerprint density at radius 2 is 1.93 bits per heavy atom. The lowest BCUT2D eigenvalue weighted by molar-refractivity contribution is 0.197. The standard InChI is InChI=1S/C21H24Cl2N6/c22-14-4-1-3-13(17(14)23)18-19(25)27-20(15-11-26-12-29(15)18)28-9-7-21(8-10-28)6-2-5-16(21)24/h1,3-4,11-12,16H,2,5-10,24-25H2/t16-/m1/s1. The SMILES string of the molecule is Nc1nc(N2CCC3(CCC[C@H]3N)CC2)c2cncn2c1-c1cccc(Cl)c1Cl. The average Bonchev–Trinajstić information content (AvgIpc) is 3.33. The number of imidazole rings is 1. The van der Waals surface area contributed by atoms with Crippen molar-refractivity contribution >= 4 is 40.4 Å². The summed E-state index contributed by atoms with van der Waals surface area (Å²) in [5.74, 6) is 1.27. The first kappa shape index (κ1) is 19.0. The topological polar surface area (TPSA) is 85.5 Å². The summed E-state index contributed by atoms with van der Waals surface area (Å²) in [5.41, 5.74) is 15.5. The van der Waals surface area contributed by atoms with E-state index >= 15 is 0 Å². The number of rotatable bonds is 2. The van der Waals surface area contributed by atoms with E-state index in [0.29, 0.717) is 33.0 Å². The van der Waals surface area contributed by atoms with Crippen molar-refractivity contribution in [3.8, 4) is 11.3 Å². The van der Waals surface area contributed by atoms with Gasteiger partial charge in [-0.05, 0) is 37.2 Å². The molecule has 2 aliphatic rings. The zero-order chi connectivity index (χ0) is 20.2. The van der Waals surface area contributed by atoms with Gasteiger partial charge < -0.3 is 16.4 Å². The van der Waals surface area contributed by atoms with E-state index in [-0.39, 0.29) is 0 Å². The van der Waals surface area contributed by atoms with Gasteiger partial charge in [-0.25, -0.2) is 9.97 Å². The molecule has 1 saturated heterocycles. The molecule has 1 aromatic carbocycles. The van der Waals surface area contributed by atoms with Crippen molar-refractivity contribution in [2.24, 2.45) is 11.1 Å². The van der Waals surface area contributed by atoms with Gasteiger partial charge in [0.05, 0.1) is 28.3 Å². The number of nitrogens with zero attached hydrogens (tertiary/aromatic N) is 4. The second kappa shape index (κ2) is 7.04. The molecular weight excluding hydrogens is 407 g/mol. The molecule has 8 heteroatoms. The highest BCUT2D eigenvalue weighted by atomic mass is 35.5. The highest BCUT2D eigenvalue weighted by Crippen LogP contribution is 2.46. The second-order valence-electron chi connectivity index (χ2n) is 8.27. The third-order valence-corrected chi connectivity index (χ3v) is 7.64. The first-order valence-corrected chi connectivity index (χ1v) is 10.8. The zero-order valence-corrected chi connectivity index (χ0v) is 17.6. The Balaban J connectivity index is 1.54. The van der Waals surface area contributed by atoms with Crippen molar-refractivity contribution in [3.05, 3.63) is 40.8 Å². The van der Waals surface area contributed by atoms with Gasteiger partial charge in [0.15, 0.2) is 11.6 Å². The summed E-state index contributed by atoms with van der Waals surface area (Å²) in [7, 11) is 0. The molecule has 5 rings (SSSR count).